The third-order valence-corrected chi connectivity index (χ3v) is 5.69. The smallest absolute Gasteiger partial charge is 0.323 e. The van der Waals surface area contributed by atoms with E-state index < -0.39 is 21.1 Å². The number of carboxylic acids is 1. The quantitative estimate of drug-likeness (QED) is 0.898. The minimum Gasteiger partial charge on any atom is -0.480 e. The largest absolute Gasteiger partial charge is 0.480 e. The van der Waals surface area contributed by atoms with Gasteiger partial charge in [0.05, 0.1) is 5.25 Å². The van der Waals surface area contributed by atoms with E-state index >= 15 is 0 Å². The van der Waals surface area contributed by atoms with Gasteiger partial charge in [-0.05, 0) is 38.3 Å². The zero-order valence-electron chi connectivity index (χ0n) is 12.3. The van der Waals surface area contributed by atoms with Crippen LogP contribution >= 0.6 is 0 Å². The third kappa shape index (κ3) is 3.75. The van der Waals surface area contributed by atoms with Gasteiger partial charge in [0.2, 0.25) is 0 Å². The molecule has 1 aliphatic rings. The van der Waals surface area contributed by atoms with E-state index in [2.05, 4.69) is 0 Å². The first kappa shape index (κ1) is 15.8. The number of aliphatic carboxylic acids is 1. The van der Waals surface area contributed by atoms with E-state index in [9.17, 15) is 13.2 Å². The first-order valence-corrected chi connectivity index (χ1v) is 8.98. The molecule has 1 aliphatic carbocycles. The Kier molecular flexibility index (Phi) is 4.56. The molecule has 0 bridgehead atoms. The molecule has 1 fully saturated rings. The Bertz CT molecular complexity index is 609. The number of anilines is 1. The molecule has 1 aromatic carbocycles. The number of hydrogen-bond acceptors (Lipinski definition) is 4. The summed E-state index contributed by atoms with van der Waals surface area (Å²) >= 11 is 0. The molecule has 0 aromatic heterocycles. The van der Waals surface area contributed by atoms with Crippen LogP contribution in [0.1, 0.15) is 24.8 Å². The van der Waals surface area contributed by atoms with Crippen molar-refractivity contribution in [2.45, 2.75) is 37.5 Å². The van der Waals surface area contributed by atoms with Crippen LogP contribution in [0, 0.1) is 6.92 Å². The number of carboxylic acid groups (broad SMARTS) is 1. The molecule has 0 heterocycles. The summed E-state index contributed by atoms with van der Waals surface area (Å²) in [5.74, 6) is -0.949. The molecule has 0 amide bonds. The predicted octanol–water partition coefficient (Wildman–Crippen LogP) is 1.85. The normalized spacial score (nSPS) is 22.2. The van der Waals surface area contributed by atoms with Gasteiger partial charge in [0.25, 0.3) is 0 Å². The Morgan fingerprint density at radius 2 is 1.90 bits per heavy atom. The first-order valence-electron chi connectivity index (χ1n) is 7.03. The van der Waals surface area contributed by atoms with Crippen LogP contribution in [0.4, 0.5) is 5.69 Å². The molecule has 2 rings (SSSR count). The van der Waals surface area contributed by atoms with Crippen LogP contribution in [-0.2, 0) is 14.6 Å². The predicted molar refractivity (Wildman–Crippen MR) is 82.4 cm³/mol. The lowest BCUT2D eigenvalue weighted by molar-refractivity contribution is -0.135. The summed E-state index contributed by atoms with van der Waals surface area (Å²) in [5.41, 5.74) is 1.85. The van der Waals surface area contributed by atoms with E-state index in [1.807, 2.05) is 31.2 Å². The average Bonchev–Trinajstić information content (AvgIpc) is 2.85. The number of sulfone groups is 1. The van der Waals surface area contributed by atoms with Gasteiger partial charge >= 0.3 is 5.97 Å². The summed E-state index contributed by atoms with van der Waals surface area (Å²) in [6.07, 6.45) is 3.36. The summed E-state index contributed by atoms with van der Waals surface area (Å²) in [6.45, 7) is 1.78. The van der Waals surface area contributed by atoms with Crippen LogP contribution in [0.3, 0.4) is 0 Å². The summed E-state index contributed by atoms with van der Waals surface area (Å²) in [7, 11) is -3.18. The molecule has 0 spiro atoms. The maximum absolute atomic E-state index is 11.9. The van der Waals surface area contributed by atoms with Crippen molar-refractivity contribution in [2.24, 2.45) is 0 Å². The summed E-state index contributed by atoms with van der Waals surface area (Å²) in [6, 6.07) is 7.27. The molecule has 1 N–H and O–H groups in total. The number of nitrogens with zero attached hydrogens (tertiary/aromatic N) is 1. The van der Waals surface area contributed by atoms with Crippen molar-refractivity contribution in [1.82, 2.24) is 0 Å². The molecule has 2 unspecified atom stereocenters. The van der Waals surface area contributed by atoms with Crippen LogP contribution < -0.4 is 4.90 Å². The second-order valence-corrected chi connectivity index (χ2v) is 7.99. The Hall–Kier alpha value is -1.56. The Balaban J connectivity index is 2.35. The van der Waals surface area contributed by atoms with Crippen molar-refractivity contribution in [1.29, 1.82) is 0 Å². The van der Waals surface area contributed by atoms with Crippen molar-refractivity contribution >= 4 is 21.5 Å². The lowest BCUT2D eigenvalue weighted by atomic mass is 10.1. The maximum atomic E-state index is 11.9. The van der Waals surface area contributed by atoms with Gasteiger partial charge in [-0.2, -0.15) is 0 Å². The fraction of sp³-hybridized carbons (Fsp3) is 0.533. The summed E-state index contributed by atoms with van der Waals surface area (Å²) in [5, 5.41) is 8.67. The van der Waals surface area contributed by atoms with Gasteiger partial charge in [0.1, 0.15) is 6.54 Å². The second kappa shape index (κ2) is 6.05. The zero-order chi connectivity index (χ0) is 15.6. The van der Waals surface area contributed by atoms with Crippen molar-refractivity contribution < 1.29 is 18.3 Å². The lowest BCUT2D eigenvalue weighted by Gasteiger charge is -2.33. The second-order valence-electron chi connectivity index (χ2n) is 5.72. The zero-order valence-corrected chi connectivity index (χ0v) is 13.1. The van der Waals surface area contributed by atoms with Gasteiger partial charge in [-0.1, -0.05) is 17.7 Å². The van der Waals surface area contributed by atoms with E-state index in [1.165, 1.54) is 6.26 Å². The molecular weight excluding hydrogens is 290 g/mol. The fourth-order valence-corrected chi connectivity index (χ4v) is 4.49. The molecule has 21 heavy (non-hydrogen) atoms. The Morgan fingerprint density at radius 1 is 1.29 bits per heavy atom. The maximum Gasteiger partial charge on any atom is 0.323 e. The van der Waals surface area contributed by atoms with Gasteiger partial charge in [0.15, 0.2) is 9.84 Å². The standard InChI is InChI=1S/C15H21NO4S/c1-11-6-8-12(9-7-11)16(10-15(17)18)13-4-3-5-14(13)21(2,19)20/h6-9,13-14H,3-5,10H2,1-2H3,(H,17,18). The third-order valence-electron chi connectivity index (χ3n) is 4.04. The van der Waals surface area contributed by atoms with E-state index in [4.69, 9.17) is 5.11 Å². The van der Waals surface area contributed by atoms with Gasteiger partial charge in [-0.3, -0.25) is 4.79 Å². The van der Waals surface area contributed by atoms with Crippen LogP contribution in [-0.4, -0.2) is 43.6 Å². The van der Waals surface area contributed by atoms with Gasteiger partial charge in [-0.25, -0.2) is 8.42 Å². The fourth-order valence-electron chi connectivity index (χ4n) is 3.04. The Morgan fingerprint density at radius 3 is 2.43 bits per heavy atom. The molecule has 2 atom stereocenters. The van der Waals surface area contributed by atoms with E-state index in [-0.39, 0.29) is 12.6 Å². The molecule has 0 radical (unpaired) electrons. The molecule has 6 heteroatoms. The molecule has 116 valence electrons. The van der Waals surface area contributed by atoms with Gasteiger partial charge in [0, 0.05) is 18.0 Å². The molecule has 1 saturated carbocycles. The van der Waals surface area contributed by atoms with Crippen LogP contribution in [0.25, 0.3) is 0 Å². The highest BCUT2D eigenvalue weighted by Crippen LogP contribution is 2.32. The van der Waals surface area contributed by atoms with Gasteiger partial charge in [-0.15, -0.1) is 0 Å². The summed E-state index contributed by atoms with van der Waals surface area (Å²) in [4.78, 5) is 12.9. The van der Waals surface area contributed by atoms with Crippen molar-refractivity contribution in [2.75, 3.05) is 17.7 Å². The molecule has 0 aliphatic heterocycles. The van der Waals surface area contributed by atoms with E-state index in [1.54, 1.807) is 4.90 Å². The van der Waals surface area contributed by atoms with E-state index in [0.717, 1.165) is 17.7 Å². The minimum absolute atomic E-state index is 0.181. The van der Waals surface area contributed by atoms with Crippen LogP contribution in [0.5, 0.6) is 0 Å². The topological polar surface area (TPSA) is 74.7 Å². The molecular formula is C15H21NO4S. The van der Waals surface area contributed by atoms with E-state index in [0.29, 0.717) is 12.8 Å². The molecule has 5 nitrogen and oxygen atoms in total. The highest BCUT2D eigenvalue weighted by atomic mass is 32.2. The van der Waals surface area contributed by atoms with Crippen molar-refractivity contribution in [3.8, 4) is 0 Å². The molecule has 0 saturated heterocycles. The van der Waals surface area contributed by atoms with Crippen LogP contribution in [0.15, 0.2) is 24.3 Å². The Labute approximate surface area is 125 Å². The number of hydrogen-bond donors (Lipinski definition) is 1. The number of carbonyl (C=O) groups is 1. The van der Waals surface area contributed by atoms with Crippen molar-refractivity contribution in [3.05, 3.63) is 29.8 Å². The highest BCUT2D eigenvalue weighted by Gasteiger charge is 2.39. The number of rotatable bonds is 5. The molecule has 1 aromatic rings. The number of aryl methyl sites for hydroxylation is 1. The van der Waals surface area contributed by atoms with Crippen molar-refractivity contribution in [3.63, 3.8) is 0 Å². The SMILES string of the molecule is Cc1ccc(N(CC(=O)O)C2CCCC2S(C)(=O)=O)cc1. The average molecular weight is 311 g/mol. The lowest BCUT2D eigenvalue weighted by Crippen LogP contribution is -2.46. The van der Waals surface area contributed by atoms with Crippen LogP contribution in [0.2, 0.25) is 0 Å². The van der Waals surface area contributed by atoms with Gasteiger partial charge < -0.3 is 10.0 Å². The minimum atomic E-state index is -3.18. The highest BCUT2D eigenvalue weighted by molar-refractivity contribution is 7.91. The first-order chi connectivity index (χ1) is 9.79. The monoisotopic (exact) mass is 311 g/mol. The summed E-state index contributed by atoms with van der Waals surface area (Å²) < 4.78 is 23.9. The number of benzene rings is 1.